The molecule has 1 saturated heterocycles. The molecule has 1 N–H and O–H groups in total. The number of ether oxygens (including phenoxy) is 3. The Morgan fingerprint density at radius 2 is 1.81 bits per heavy atom. The lowest BCUT2D eigenvalue weighted by molar-refractivity contribution is -0.192. The number of benzene rings is 2. The number of aliphatic carboxylic acids is 1. The van der Waals surface area contributed by atoms with E-state index in [1.165, 1.54) is 5.56 Å². The monoisotopic (exact) mass is 519 g/mol. The van der Waals surface area contributed by atoms with Gasteiger partial charge in [-0.3, -0.25) is 4.90 Å². The molecule has 11 heteroatoms. The van der Waals surface area contributed by atoms with Crippen molar-refractivity contribution in [1.29, 1.82) is 0 Å². The van der Waals surface area contributed by atoms with Crippen molar-refractivity contribution in [3.63, 3.8) is 0 Å². The van der Waals surface area contributed by atoms with E-state index in [9.17, 15) is 13.2 Å². The Hall–Kier alpha value is -3.57. The summed E-state index contributed by atoms with van der Waals surface area (Å²) in [7, 11) is 3.40. The van der Waals surface area contributed by atoms with Crippen LogP contribution in [-0.4, -0.2) is 64.6 Å². The number of halogens is 3. The molecule has 1 atom stereocenters. The number of rotatable bonds is 5. The lowest BCUT2D eigenvalue weighted by atomic mass is 10.0. The molecule has 1 unspecified atom stereocenters. The third kappa shape index (κ3) is 6.23. The normalized spacial score (nSPS) is 19.2. The number of imidazole rings is 1. The van der Waals surface area contributed by atoms with Crippen molar-refractivity contribution in [3.05, 3.63) is 66.1 Å². The Labute approximate surface area is 212 Å². The molecule has 3 aromatic rings. The first-order chi connectivity index (χ1) is 17.6. The summed E-state index contributed by atoms with van der Waals surface area (Å²) in [6.45, 7) is 4.27. The third-order valence-corrected chi connectivity index (χ3v) is 6.46. The first-order valence-electron chi connectivity index (χ1n) is 11.6. The highest BCUT2D eigenvalue weighted by molar-refractivity contribution is 5.73. The standard InChI is InChI=1S/C24H27N3O3.C2HF3O2/c1-28-20-8-6-18(7-9-20)14-26-11-10-24(16-26)17-27-22(13-25-23(27)15-30-24)19-4-3-5-21(12-19)29-2;3-2(4,5)1(6)7/h3-9,12-13H,10-11,14-17H2,1-2H3;(H,6,7). The minimum absolute atomic E-state index is 0.159. The number of carboxylic acid groups (broad SMARTS) is 1. The maximum atomic E-state index is 10.6. The quantitative estimate of drug-likeness (QED) is 0.536. The molecule has 0 saturated carbocycles. The van der Waals surface area contributed by atoms with Crippen molar-refractivity contribution in [1.82, 2.24) is 14.5 Å². The van der Waals surface area contributed by atoms with Gasteiger partial charge in [0.2, 0.25) is 0 Å². The van der Waals surface area contributed by atoms with Crippen LogP contribution in [0.25, 0.3) is 11.3 Å². The van der Waals surface area contributed by atoms with Gasteiger partial charge in [0.1, 0.15) is 29.5 Å². The average molecular weight is 520 g/mol. The Bertz CT molecular complexity index is 1230. The van der Waals surface area contributed by atoms with Crippen molar-refractivity contribution in [3.8, 4) is 22.8 Å². The summed E-state index contributed by atoms with van der Waals surface area (Å²) in [5.41, 5.74) is 3.39. The molecule has 0 bridgehead atoms. The predicted octanol–water partition coefficient (Wildman–Crippen LogP) is 4.38. The largest absolute Gasteiger partial charge is 0.497 e. The Kier molecular flexibility index (Phi) is 7.74. The molecular weight excluding hydrogens is 491 g/mol. The Balaban J connectivity index is 0.000000405. The van der Waals surface area contributed by atoms with Gasteiger partial charge in [0.25, 0.3) is 0 Å². The second-order valence-corrected chi connectivity index (χ2v) is 8.96. The molecule has 5 rings (SSSR count). The number of alkyl halides is 3. The van der Waals surface area contributed by atoms with Gasteiger partial charge in [-0.05, 0) is 36.2 Å². The van der Waals surface area contributed by atoms with Gasteiger partial charge in [-0.25, -0.2) is 9.78 Å². The number of fused-ring (bicyclic) bond motifs is 1. The Morgan fingerprint density at radius 1 is 1.11 bits per heavy atom. The molecule has 3 heterocycles. The molecule has 1 spiro atoms. The van der Waals surface area contributed by atoms with Gasteiger partial charge in [-0.2, -0.15) is 13.2 Å². The Morgan fingerprint density at radius 3 is 2.46 bits per heavy atom. The average Bonchev–Trinajstić information content (AvgIpc) is 3.48. The lowest BCUT2D eigenvalue weighted by Gasteiger charge is -2.35. The van der Waals surface area contributed by atoms with E-state index in [2.05, 4.69) is 38.7 Å². The minimum Gasteiger partial charge on any atom is -0.497 e. The molecule has 0 amide bonds. The zero-order chi connectivity index (χ0) is 26.6. The molecule has 1 aromatic heterocycles. The highest BCUT2D eigenvalue weighted by Crippen LogP contribution is 2.36. The van der Waals surface area contributed by atoms with E-state index >= 15 is 0 Å². The van der Waals surface area contributed by atoms with Crippen molar-refractivity contribution in [2.75, 3.05) is 27.3 Å². The van der Waals surface area contributed by atoms with E-state index in [1.54, 1.807) is 14.2 Å². The first kappa shape index (κ1) is 26.5. The summed E-state index contributed by atoms with van der Waals surface area (Å²) < 4.78 is 51.1. The summed E-state index contributed by atoms with van der Waals surface area (Å²) in [5.74, 6) is -0.0131. The number of hydrogen-bond donors (Lipinski definition) is 1. The first-order valence-corrected chi connectivity index (χ1v) is 11.6. The minimum atomic E-state index is -5.08. The van der Waals surface area contributed by atoms with E-state index < -0.39 is 12.1 Å². The van der Waals surface area contributed by atoms with Crippen LogP contribution in [0, 0.1) is 0 Å². The second-order valence-electron chi connectivity index (χ2n) is 8.96. The van der Waals surface area contributed by atoms with E-state index in [0.29, 0.717) is 6.61 Å². The van der Waals surface area contributed by atoms with Crippen LogP contribution < -0.4 is 9.47 Å². The maximum Gasteiger partial charge on any atom is 0.490 e. The fourth-order valence-corrected chi connectivity index (χ4v) is 4.57. The predicted molar refractivity (Wildman–Crippen MR) is 128 cm³/mol. The number of likely N-dealkylation sites (tertiary alicyclic amines) is 1. The second kappa shape index (κ2) is 10.8. The molecular formula is C26H28F3N3O5. The molecule has 8 nitrogen and oxygen atoms in total. The van der Waals surface area contributed by atoms with E-state index in [1.807, 2.05) is 30.5 Å². The van der Waals surface area contributed by atoms with Gasteiger partial charge in [-0.15, -0.1) is 0 Å². The van der Waals surface area contributed by atoms with Crippen LogP contribution in [0.5, 0.6) is 11.5 Å². The number of methoxy groups -OCH3 is 2. The van der Waals surface area contributed by atoms with Crippen LogP contribution in [0.3, 0.4) is 0 Å². The molecule has 198 valence electrons. The van der Waals surface area contributed by atoms with Gasteiger partial charge in [0.05, 0.1) is 32.7 Å². The van der Waals surface area contributed by atoms with Crippen molar-refractivity contribution in [2.24, 2.45) is 0 Å². The van der Waals surface area contributed by atoms with Crippen LogP contribution in [0.1, 0.15) is 17.8 Å². The van der Waals surface area contributed by atoms with Crippen LogP contribution in [0.2, 0.25) is 0 Å². The van der Waals surface area contributed by atoms with Crippen LogP contribution in [-0.2, 0) is 29.2 Å². The van der Waals surface area contributed by atoms with Crippen molar-refractivity contribution >= 4 is 5.97 Å². The van der Waals surface area contributed by atoms with Gasteiger partial charge < -0.3 is 23.9 Å². The topological polar surface area (TPSA) is 86.0 Å². The highest BCUT2D eigenvalue weighted by Gasteiger charge is 2.43. The van der Waals surface area contributed by atoms with E-state index in [-0.39, 0.29) is 5.60 Å². The molecule has 0 radical (unpaired) electrons. The summed E-state index contributed by atoms with van der Waals surface area (Å²) >= 11 is 0. The summed E-state index contributed by atoms with van der Waals surface area (Å²) in [6, 6.07) is 16.5. The zero-order valence-electron chi connectivity index (χ0n) is 20.5. The lowest BCUT2D eigenvalue weighted by Crippen LogP contribution is -2.44. The van der Waals surface area contributed by atoms with Crippen LogP contribution >= 0.6 is 0 Å². The highest BCUT2D eigenvalue weighted by atomic mass is 19.4. The van der Waals surface area contributed by atoms with Crippen molar-refractivity contribution < 1.29 is 37.3 Å². The smallest absolute Gasteiger partial charge is 0.490 e. The summed E-state index contributed by atoms with van der Waals surface area (Å²) in [5, 5.41) is 7.12. The van der Waals surface area contributed by atoms with Crippen LogP contribution in [0.4, 0.5) is 13.2 Å². The fraction of sp³-hybridized carbons (Fsp3) is 0.385. The number of aromatic nitrogens is 2. The number of hydrogen-bond acceptors (Lipinski definition) is 6. The zero-order valence-corrected chi connectivity index (χ0v) is 20.5. The van der Waals surface area contributed by atoms with E-state index in [4.69, 9.17) is 24.1 Å². The number of nitrogens with zero attached hydrogens (tertiary/aromatic N) is 3. The van der Waals surface area contributed by atoms with Gasteiger partial charge in [0, 0.05) is 25.2 Å². The maximum absolute atomic E-state index is 10.6. The molecule has 1 fully saturated rings. The molecule has 0 aliphatic carbocycles. The third-order valence-electron chi connectivity index (χ3n) is 6.46. The SMILES string of the molecule is COc1ccc(CN2CCC3(C2)Cn2c(-c4cccc(OC)c4)cnc2CO3)cc1.O=C(O)C(F)(F)F. The fourth-order valence-electron chi connectivity index (χ4n) is 4.57. The summed E-state index contributed by atoms with van der Waals surface area (Å²) in [6.07, 6.45) is -2.10. The van der Waals surface area contributed by atoms with Gasteiger partial charge in [0.15, 0.2) is 0 Å². The molecule has 37 heavy (non-hydrogen) atoms. The summed E-state index contributed by atoms with van der Waals surface area (Å²) in [4.78, 5) is 16.0. The van der Waals surface area contributed by atoms with Gasteiger partial charge in [-0.1, -0.05) is 24.3 Å². The molecule has 2 aromatic carbocycles. The van der Waals surface area contributed by atoms with Crippen LogP contribution in [0.15, 0.2) is 54.7 Å². The van der Waals surface area contributed by atoms with Crippen molar-refractivity contribution in [2.45, 2.75) is 37.9 Å². The van der Waals surface area contributed by atoms with Gasteiger partial charge >= 0.3 is 12.1 Å². The molecule has 2 aliphatic heterocycles. The van der Waals surface area contributed by atoms with E-state index in [0.717, 1.165) is 61.2 Å². The number of carboxylic acids is 1. The molecule has 2 aliphatic rings. The number of carbonyl (C=O) groups is 1.